The van der Waals surface area contributed by atoms with E-state index in [4.69, 9.17) is 9.47 Å². The Kier molecular flexibility index (Phi) is 12.6. The van der Waals surface area contributed by atoms with Crippen LogP contribution in [0.4, 0.5) is 0 Å². The quantitative estimate of drug-likeness (QED) is 0.458. The van der Waals surface area contributed by atoms with Crippen molar-refractivity contribution < 1.29 is 29.3 Å². The molecule has 0 aliphatic heterocycles. The Morgan fingerprint density at radius 3 is 2.15 bits per heavy atom. The van der Waals surface area contributed by atoms with Crippen molar-refractivity contribution in [2.45, 2.75) is 93.9 Å². The van der Waals surface area contributed by atoms with Gasteiger partial charge < -0.3 is 19.7 Å². The van der Waals surface area contributed by atoms with Gasteiger partial charge in [0.15, 0.2) is 0 Å². The molecule has 6 heteroatoms. The van der Waals surface area contributed by atoms with E-state index in [1.54, 1.807) is 0 Å². The second-order valence-electron chi connectivity index (χ2n) is 12.4. The van der Waals surface area contributed by atoms with E-state index in [1.807, 2.05) is 0 Å². The van der Waals surface area contributed by atoms with Gasteiger partial charge in [-0.05, 0) is 73.0 Å². The first-order valence-electron chi connectivity index (χ1n) is 13.2. The number of aliphatic hydroxyl groups excluding tert-OH is 2. The van der Waals surface area contributed by atoms with Crippen molar-refractivity contribution in [3.05, 3.63) is 0 Å². The van der Waals surface area contributed by atoms with Gasteiger partial charge in [-0.15, -0.1) is 0 Å². The van der Waals surface area contributed by atoms with Crippen LogP contribution >= 0.6 is 0 Å². The normalized spacial score (nSPS) is 31.9. The molecular formula is C28H52O6. The zero-order chi connectivity index (χ0) is 26.1. The third kappa shape index (κ3) is 9.85. The Morgan fingerprint density at radius 2 is 1.65 bits per heavy atom. The smallest absolute Gasteiger partial charge is 0.302 e. The summed E-state index contributed by atoms with van der Waals surface area (Å²) in [5.41, 5.74) is 0.0269. The van der Waals surface area contributed by atoms with Crippen molar-refractivity contribution in [1.82, 2.24) is 0 Å². The molecule has 0 aromatic heterocycles. The van der Waals surface area contributed by atoms with E-state index in [-0.39, 0.29) is 36.0 Å². The van der Waals surface area contributed by atoms with Gasteiger partial charge in [0.25, 0.3) is 0 Å². The molecule has 0 heterocycles. The summed E-state index contributed by atoms with van der Waals surface area (Å²) in [6.07, 6.45) is 6.56. The molecule has 2 aliphatic carbocycles. The Labute approximate surface area is 208 Å². The molecule has 6 unspecified atom stereocenters. The third-order valence-electron chi connectivity index (χ3n) is 8.53. The third-order valence-corrected chi connectivity index (χ3v) is 8.53. The Balaban J connectivity index is 0.000000340. The van der Waals surface area contributed by atoms with Crippen molar-refractivity contribution in [1.29, 1.82) is 0 Å². The van der Waals surface area contributed by atoms with Crippen LogP contribution < -0.4 is 0 Å². The highest BCUT2D eigenvalue weighted by atomic mass is 16.5. The summed E-state index contributed by atoms with van der Waals surface area (Å²) < 4.78 is 10.3. The van der Waals surface area contributed by atoms with Crippen LogP contribution in [-0.2, 0) is 19.1 Å². The summed E-state index contributed by atoms with van der Waals surface area (Å²) in [7, 11) is 0. The van der Waals surface area contributed by atoms with Gasteiger partial charge in [0.05, 0.1) is 13.2 Å². The summed E-state index contributed by atoms with van der Waals surface area (Å²) in [5.74, 6) is 2.76. The van der Waals surface area contributed by atoms with E-state index >= 15 is 0 Å². The van der Waals surface area contributed by atoms with E-state index in [1.165, 1.54) is 26.7 Å². The van der Waals surface area contributed by atoms with Gasteiger partial charge in [-0.1, -0.05) is 48.0 Å². The number of esters is 2. The highest BCUT2D eigenvalue weighted by molar-refractivity contribution is 5.66. The van der Waals surface area contributed by atoms with E-state index in [9.17, 15) is 19.8 Å². The minimum Gasteiger partial charge on any atom is -0.466 e. The fourth-order valence-electron chi connectivity index (χ4n) is 5.83. The van der Waals surface area contributed by atoms with Gasteiger partial charge in [0.2, 0.25) is 0 Å². The number of aliphatic hydroxyl groups is 2. The van der Waals surface area contributed by atoms with Crippen molar-refractivity contribution in [3.8, 4) is 0 Å². The predicted molar refractivity (Wildman–Crippen MR) is 135 cm³/mol. The first-order chi connectivity index (χ1) is 15.7. The van der Waals surface area contributed by atoms with Gasteiger partial charge in [-0.3, -0.25) is 9.59 Å². The van der Waals surface area contributed by atoms with Crippen LogP contribution in [0.3, 0.4) is 0 Å². The largest absolute Gasteiger partial charge is 0.466 e. The van der Waals surface area contributed by atoms with Crippen LogP contribution in [0.5, 0.6) is 0 Å². The van der Waals surface area contributed by atoms with Crippen LogP contribution in [0.15, 0.2) is 0 Å². The molecule has 6 nitrogen and oxygen atoms in total. The molecule has 34 heavy (non-hydrogen) atoms. The highest BCUT2D eigenvalue weighted by Crippen LogP contribution is 2.45. The lowest BCUT2D eigenvalue weighted by molar-refractivity contribution is -0.146. The Hall–Kier alpha value is -1.14. The molecule has 2 N–H and O–H groups in total. The summed E-state index contributed by atoms with van der Waals surface area (Å²) >= 11 is 0. The maximum Gasteiger partial charge on any atom is 0.302 e. The predicted octanol–water partition coefficient (Wildman–Crippen LogP) is 5.24. The first-order valence-corrected chi connectivity index (χ1v) is 13.2. The average molecular weight is 485 g/mol. The molecule has 0 aromatic carbocycles. The maximum absolute atomic E-state index is 10.9. The van der Waals surface area contributed by atoms with Gasteiger partial charge in [0.1, 0.15) is 0 Å². The fraction of sp³-hybridized carbons (Fsp3) is 0.929. The lowest BCUT2D eigenvalue weighted by Gasteiger charge is -2.43. The summed E-state index contributed by atoms with van der Waals surface area (Å²) in [6.45, 7) is 17.5. The molecular weight excluding hydrogens is 432 g/mol. The molecule has 0 bridgehead atoms. The molecule has 0 radical (unpaired) electrons. The van der Waals surface area contributed by atoms with Crippen LogP contribution in [0.2, 0.25) is 0 Å². The van der Waals surface area contributed by atoms with Crippen LogP contribution in [-0.4, -0.2) is 48.6 Å². The van der Waals surface area contributed by atoms with Crippen molar-refractivity contribution >= 4 is 11.9 Å². The molecule has 2 rings (SSSR count). The van der Waals surface area contributed by atoms with E-state index in [0.29, 0.717) is 48.7 Å². The number of rotatable bonds is 8. The second kappa shape index (κ2) is 13.8. The molecule has 200 valence electrons. The first kappa shape index (κ1) is 30.9. The molecule has 0 aromatic rings. The van der Waals surface area contributed by atoms with Gasteiger partial charge in [-0.25, -0.2) is 0 Å². The van der Waals surface area contributed by atoms with E-state index < -0.39 is 0 Å². The average Bonchev–Trinajstić information content (AvgIpc) is 2.77. The van der Waals surface area contributed by atoms with Crippen LogP contribution in [0, 0.1) is 46.3 Å². The second-order valence-corrected chi connectivity index (χ2v) is 12.4. The summed E-state index contributed by atoms with van der Waals surface area (Å²) in [4.78, 5) is 21.7. The molecule has 6 atom stereocenters. The zero-order valence-corrected chi connectivity index (χ0v) is 23.1. The van der Waals surface area contributed by atoms with Crippen molar-refractivity contribution in [2.75, 3.05) is 26.4 Å². The molecule has 0 saturated heterocycles. The summed E-state index contributed by atoms with van der Waals surface area (Å²) in [6, 6.07) is 0. The SMILES string of the molecule is CC(=O)OCC1(C)CCC(C(C)C)C(CO)C1.CC(=O)OCC1CC(C(C)(C)CO)CCC1C. The summed E-state index contributed by atoms with van der Waals surface area (Å²) in [5, 5.41) is 18.9. The Bertz CT molecular complexity index is 630. The lowest BCUT2D eigenvalue weighted by Crippen LogP contribution is -2.38. The molecule has 2 fully saturated rings. The molecule has 0 spiro atoms. The minimum absolute atomic E-state index is 0.0192. The number of hydrogen-bond acceptors (Lipinski definition) is 6. The van der Waals surface area contributed by atoms with Crippen LogP contribution in [0.25, 0.3) is 0 Å². The maximum atomic E-state index is 10.9. The molecule has 2 saturated carbocycles. The van der Waals surface area contributed by atoms with E-state index in [0.717, 1.165) is 25.7 Å². The molecule has 2 aliphatic rings. The monoisotopic (exact) mass is 484 g/mol. The zero-order valence-electron chi connectivity index (χ0n) is 23.1. The number of ether oxygens (including phenoxy) is 2. The minimum atomic E-state index is -0.210. The Morgan fingerprint density at radius 1 is 1.03 bits per heavy atom. The fourth-order valence-corrected chi connectivity index (χ4v) is 5.83. The van der Waals surface area contributed by atoms with Crippen molar-refractivity contribution in [3.63, 3.8) is 0 Å². The standard InChI is InChI=1S/2C14H26O3/c1-10-5-6-13(14(3,4)9-15)7-12(10)8-17-11(2)16;1-10(2)13-5-6-14(4,7-12(13)8-15)9-17-11(3)16/h2*10,12-13,15H,5-9H2,1-4H3. The number of carbonyl (C=O) groups excluding carboxylic acids is 2. The van der Waals surface area contributed by atoms with E-state index in [2.05, 4.69) is 41.5 Å². The number of hydrogen-bond donors (Lipinski definition) is 2. The topological polar surface area (TPSA) is 93.1 Å². The lowest BCUT2D eigenvalue weighted by atomic mass is 9.64. The number of carbonyl (C=O) groups is 2. The molecule has 0 amide bonds. The van der Waals surface area contributed by atoms with Crippen LogP contribution in [0.1, 0.15) is 93.9 Å². The van der Waals surface area contributed by atoms with Gasteiger partial charge in [0, 0.05) is 32.5 Å². The highest BCUT2D eigenvalue weighted by Gasteiger charge is 2.39. The van der Waals surface area contributed by atoms with Gasteiger partial charge in [-0.2, -0.15) is 0 Å². The van der Waals surface area contributed by atoms with Crippen molar-refractivity contribution in [2.24, 2.45) is 46.3 Å². The van der Waals surface area contributed by atoms with Gasteiger partial charge >= 0.3 is 11.9 Å².